The molecule has 6 heteroatoms. The number of carbonyl (C=O) groups excluding carboxylic acids is 1. The van der Waals surface area contributed by atoms with E-state index in [1.54, 1.807) is 0 Å². The number of halogens is 1. The first-order valence-electron chi connectivity index (χ1n) is 7.26. The summed E-state index contributed by atoms with van der Waals surface area (Å²) in [5.74, 6) is 0.703. The van der Waals surface area contributed by atoms with Gasteiger partial charge in [-0.05, 0) is 40.5 Å². The molecular weight excluding hydrogens is 367 g/mol. The van der Waals surface area contributed by atoms with Crippen molar-refractivity contribution >= 4 is 35.8 Å². The topological polar surface area (TPSA) is 65.5 Å². The van der Waals surface area contributed by atoms with Gasteiger partial charge in [0, 0.05) is 18.1 Å². The Labute approximate surface area is 139 Å². The smallest absolute Gasteiger partial charge is 0.242 e. The van der Waals surface area contributed by atoms with Crippen molar-refractivity contribution in [2.24, 2.45) is 4.99 Å². The lowest BCUT2D eigenvalue weighted by Crippen LogP contribution is -2.45. The lowest BCUT2D eigenvalue weighted by molar-refractivity contribution is -0.121. The van der Waals surface area contributed by atoms with Crippen LogP contribution in [-0.2, 0) is 4.79 Å². The minimum atomic E-state index is -0.205. The Morgan fingerprint density at radius 2 is 1.85 bits per heavy atom. The summed E-state index contributed by atoms with van der Waals surface area (Å²) in [6.45, 7) is 8.91. The van der Waals surface area contributed by atoms with Gasteiger partial charge in [0.05, 0.1) is 0 Å². The highest BCUT2D eigenvalue weighted by Gasteiger charge is 2.17. The SMILES string of the molecule is CCNC(=NCC(=O)NC(C)(C)C)NC1CCCC1.I. The van der Waals surface area contributed by atoms with Crippen LogP contribution in [0, 0.1) is 0 Å². The van der Waals surface area contributed by atoms with E-state index >= 15 is 0 Å². The Bertz CT molecular complexity index is 320. The van der Waals surface area contributed by atoms with Crippen LogP contribution in [0.5, 0.6) is 0 Å². The normalized spacial score (nSPS) is 16.5. The maximum Gasteiger partial charge on any atom is 0.242 e. The van der Waals surface area contributed by atoms with Gasteiger partial charge in [-0.2, -0.15) is 0 Å². The van der Waals surface area contributed by atoms with E-state index < -0.39 is 0 Å². The number of nitrogens with one attached hydrogen (secondary N) is 3. The quantitative estimate of drug-likeness (QED) is 0.387. The minimum absolute atomic E-state index is 0. The maximum absolute atomic E-state index is 11.7. The van der Waals surface area contributed by atoms with Gasteiger partial charge in [-0.15, -0.1) is 24.0 Å². The molecule has 0 aromatic heterocycles. The van der Waals surface area contributed by atoms with Gasteiger partial charge >= 0.3 is 0 Å². The number of aliphatic imine (C=N–C) groups is 1. The monoisotopic (exact) mass is 396 g/mol. The second-order valence-corrected chi connectivity index (χ2v) is 6.12. The Morgan fingerprint density at radius 1 is 1.25 bits per heavy atom. The van der Waals surface area contributed by atoms with Gasteiger partial charge in [-0.3, -0.25) is 4.79 Å². The second-order valence-electron chi connectivity index (χ2n) is 6.12. The molecule has 1 fully saturated rings. The molecule has 1 amide bonds. The van der Waals surface area contributed by atoms with Gasteiger partial charge in [0.25, 0.3) is 0 Å². The number of carbonyl (C=O) groups is 1. The average molecular weight is 396 g/mol. The van der Waals surface area contributed by atoms with Crippen molar-refractivity contribution in [3.05, 3.63) is 0 Å². The van der Waals surface area contributed by atoms with Crippen LogP contribution in [0.1, 0.15) is 53.4 Å². The summed E-state index contributed by atoms with van der Waals surface area (Å²) < 4.78 is 0. The molecule has 5 nitrogen and oxygen atoms in total. The summed E-state index contributed by atoms with van der Waals surface area (Å²) >= 11 is 0. The zero-order valence-corrected chi connectivity index (χ0v) is 15.4. The third-order valence-corrected chi connectivity index (χ3v) is 2.94. The maximum atomic E-state index is 11.7. The van der Waals surface area contributed by atoms with Crippen molar-refractivity contribution in [3.8, 4) is 0 Å². The Kier molecular flexibility index (Phi) is 9.16. The van der Waals surface area contributed by atoms with Crippen LogP contribution < -0.4 is 16.0 Å². The fraction of sp³-hybridized carbons (Fsp3) is 0.857. The van der Waals surface area contributed by atoms with E-state index in [0.29, 0.717) is 6.04 Å². The first-order valence-corrected chi connectivity index (χ1v) is 7.26. The van der Waals surface area contributed by atoms with Crippen LogP contribution >= 0.6 is 24.0 Å². The van der Waals surface area contributed by atoms with Crippen molar-refractivity contribution in [1.29, 1.82) is 0 Å². The summed E-state index contributed by atoms with van der Waals surface area (Å²) in [6, 6.07) is 0.503. The number of hydrogen-bond acceptors (Lipinski definition) is 2. The fourth-order valence-electron chi connectivity index (χ4n) is 2.19. The zero-order chi connectivity index (χ0) is 14.3. The molecule has 0 aromatic rings. The second kappa shape index (κ2) is 9.41. The molecule has 0 aliphatic heterocycles. The number of rotatable bonds is 4. The molecule has 0 radical (unpaired) electrons. The van der Waals surface area contributed by atoms with Crippen LogP contribution in [0.2, 0.25) is 0 Å². The molecule has 3 N–H and O–H groups in total. The molecule has 1 aliphatic rings. The molecule has 0 aromatic carbocycles. The van der Waals surface area contributed by atoms with E-state index in [1.807, 2.05) is 27.7 Å². The summed E-state index contributed by atoms with van der Waals surface area (Å²) in [5.41, 5.74) is -0.205. The van der Waals surface area contributed by atoms with Crippen molar-refractivity contribution < 1.29 is 4.79 Å². The van der Waals surface area contributed by atoms with Gasteiger partial charge in [-0.25, -0.2) is 4.99 Å². The number of amides is 1. The molecule has 1 rings (SSSR count). The van der Waals surface area contributed by atoms with E-state index in [2.05, 4.69) is 20.9 Å². The van der Waals surface area contributed by atoms with Crippen molar-refractivity contribution in [2.75, 3.05) is 13.1 Å². The van der Waals surface area contributed by atoms with Gasteiger partial charge in [0.15, 0.2) is 5.96 Å². The van der Waals surface area contributed by atoms with Gasteiger partial charge in [0.2, 0.25) is 5.91 Å². The molecule has 0 atom stereocenters. The highest BCUT2D eigenvalue weighted by molar-refractivity contribution is 14.0. The highest BCUT2D eigenvalue weighted by Crippen LogP contribution is 2.17. The lowest BCUT2D eigenvalue weighted by atomic mass is 10.1. The van der Waals surface area contributed by atoms with Crippen LogP contribution in [0.25, 0.3) is 0 Å². The Balaban J connectivity index is 0.00000361. The Morgan fingerprint density at radius 3 is 2.35 bits per heavy atom. The average Bonchev–Trinajstić information content (AvgIpc) is 2.76. The molecule has 0 heterocycles. The molecular formula is C14H29IN4O. The fourth-order valence-corrected chi connectivity index (χ4v) is 2.19. The number of hydrogen-bond donors (Lipinski definition) is 3. The molecule has 0 spiro atoms. The third-order valence-electron chi connectivity index (χ3n) is 2.94. The van der Waals surface area contributed by atoms with E-state index in [4.69, 9.17) is 0 Å². The zero-order valence-electron chi connectivity index (χ0n) is 13.1. The summed E-state index contributed by atoms with van der Waals surface area (Å²) in [6.07, 6.45) is 4.94. The third kappa shape index (κ3) is 8.60. The number of nitrogens with zero attached hydrogens (tertiary/aromatic N) is 1. The standard InChI is InChI=1S/C14H28N4O.HI/c1-5-15-13(17-11-8-6-7-9-11)16-10-12(19)18-14(2,3)4;/h11H,5-10H2,1-4H3,(H,18,19)(H2,15,16,17);1H. The first kappa shape index (κ1) is 19.5. The lowest BCUT2D eigenvalue weighted by Gasteiger charge is -2.20. The Hall–Kier alpha value is -0.530. The molecule has 118 valence electrons. The molecule has 20 heavy (non-hydrogen) atoms. The molecule has 0 unspecified atom stereocenters. The van der Waals surface area contributed by atoms with Crippen molar-refractivity contribution in [2.45, 2.75) is 65.0 Å². The molecule has 0 saturated heterocycles. The molecule has 0 bridgehead atoms. The molecule has 1 saturated carbocycles. The van der Waals surface area contributed by atoms with E-state index in [9.17, 15) is 4.79 Å². The molecule has 1 aliphatic carbocycles. The van der Waals surface area contributed by atoms with Crippen LogP contribution in [0.3, 0.4) is 0 Å². The van der Waals surface area contributed by atoms with Crippen LogP contribution in [0.15, 0.2) is 4.99 Å². The van der Waals surface area contributed by atoms with E-state index in [-0.39, 0.29) is 42.0 Å². The summed E-state index contributed by atoms with van der Waals surface area (Å²) in [7, 11) is 0. The first-order chi connectivity index (χ1) is 8.90. The van der Waals surface area contributed by atoms with Gasteiger partial charge in [-0.1, -0.05) is 12.8 Å². The minimum Gasteiger partial charge on any atom is -0.357 e. The van der Waals surface area contributed by atoms with E-state index in [0.717, 1.165) is 12.5 Å². The summed E-state index contributed by atoms with van der Waals surface area (Å²) in [5, 5.41) is 9.49. The van der Waals surface area contributed by atoms with Crippen molar-refractivity contribution in [1.82, 2.24) is 16.0 Å². The predicted molar refractivity (Wildman–Crippen MR) is 94.7 cm³/mol. The summed E-state index contributed by atoms with van der Waals surface area (Å²) in [4.78, 5) is 16.1. The largest absolute Gasteiger partial charge is 0.357 e. The van der Waals surface area contributed by atoms with Crippen molar-refractivity contribution in [3.63, 3.8) is 0 Å². The van der Waals surface area contributed by atoms with E-state index in [1.165, 1.54) is 25.7 Å². The van der Waals surface area contributed by atoms with Gasteiger partial charge < -0.3 is 16.0 Å². The van der Waals surface area contributed by atoms with Crippen LogP contribution in [0.4, 0.5) is 0 Å². The number of guanidine groups is 1. The highest BCUT2D eigenvalue weighted by atomic mass is 127. The van der Waals surface area contributed by atoms with Crippen LogP contribution in [-0.4, -0.2) is 36.5 Å². The van der Waals surface area contributed by atoms with Gasteiger partial charge in [0.1, 0.15) is 6.54 Å². The predicted octanol–water partition coefficient (Wildman–Crippen LogP) is 2.02.